The van der Waals surface area contributed by atoms with E-state index < -0.39 is 0 Å². The van der Waals surface area contributed by atoms with Crippen molar-refractivity contribution in [2.24, 2.45) is 0 Å². The largest absolute Gasteiger partial charge is 0.453 e. The predicted molar refractivity (Wildman–Crippen MR) is 56.2 cm³/mol. The van der Waals surface area contributed by atoms with Crippen LogP contribution in [0, 0.1) is 0 Å². The minimum atomic E-state index is -0.325. The van der Waals surface area contributed by atoms with Crippen LogP contribution in [-0.4, -0.2) is 18.7 Å². The Morgan fingerprint density at radius 3 is 2.64 bits per heavy atom. The summed E-state index contributed by atoms with van der Waals surface area (Å²) in [7, 11) is 1.40. The number of methoxy groups -OCH3 is 1. The van der Waals surface area contributed by atoms with Crippen LogP contribution in [0.5, 0.6) is 0 Å². The molecule has 0 atom stereocenters. The van der Waals surface area contributed by atoms with E-state index in [2.05, 4.69) is 16.6 Å². The van der Waals surface area contributed by atoms with Crippen LogP contribution in [0.15, 0.2) is 12.7 Å². The van der Waals surface area contributed by atoms with Gasteiger partial charge in [-0.1, -0.05) is 25.3 Å². The van der Waals surface area contributed by atoms with Crippen molar-refractivity contribution in [2.45, 2.75) is 44.1 Å². The molecule has 0 aromatic carbocycles. The second kappa shape index (κ2) is 5.03. The summed E-state index contributed by atoms with van der Waals surface area (Å²) in [5.74, 6) is 0. The number of nitrogens with one attached hydrogen (secondary N) is 1. The summed E-state index contributed by atoms with van der Waals surface area (Å²) in [5.41, 5.74) is -0.0902. The van der Waals surface area contributed by atoms with Gasteiger partial charge in [-0.25, -0.2) is 4.79 Å². The molecule has 1 aliphatic rings. The van der Waals surface area contributed by atoms with Gasteiger partial charge in [-0.05, 0) is 19.3 Å². The van der Waals surface area contributed by atoms with E-state index in [0.29, 0.717) is 0 Å². The molecule has 1 rings (SSSR count). The van der Waals surface area contributed by atoms with E-state index in [1.165, 1.54) is 26.4 Å². The van der Waals surface area contributed by atoms with E-state index in [9.17, 15) is 4.79 Å². The molecule has 1 amide bonds. The third-order valence-corrected chi connectivity index (χ3v) is 2.90. The van der Waals surface area contributed by atoms with Crippen LogP contribution in [-0.2, 0) is 4.74 Å². The number of hydrogen-bond acceptors (Lipinski definition) is 2. The SMILES string of the molecule is C=CCC1(NC(=O)OC)CCCCC1. The van der Waals surface area contributed by atoms with Gasteiger partial charge in [0.15, 0.2) is 0 Å². The zero-order chi connectivity index (χ0) is 10.4. The molecule has 0 heterocycles. The highest BCUT2D eigenvalue weighted by molar-refractivity contribution is 5.68. The highest BCUT2D eigenvalue weighted by Crippen LogP contribution is 2.31. The first-order valence-electron chi connectivity index (χ1n) is 5.19. The van der Waals surface area contributed by atoms with Crippen molar-refractivity contribution < 1.29 is 9.53 Å². The molecule has 0 aliphatic heterocycles. The van der Waals surface area contributed by atoms with Crippen LogP contribution < -0.4 is 5.32 Å². The van der Waals surface area contributed by atoms with Gasteiger partial charge in [-0.2, -0.15) is 0 Å². The van der Waals surface area contributed by atoms with Crippen molar-refractivity contribution in [3.05, 3.63) is 12.7 Å². The van der Waals surface area contributed by atoms with Gasteiger partial charge in [0.1, 0.15) is 0 Å². The standard InChI is InChI=1S/C11H19NO2/c1-3-7-11(12-10(13)14-2)8-5-4-6-9-11/h3H,1,4-9H2,2H3,(H,12,13). The molecule has 0 saturated heterocycles. The summed E-state index contributed by atoms with van der Waals surface area (Å²) in [6.07, 6.45) is 8.08. The predicted octanol–water partition coefficient (Wildman–Crippen LogP) is 2.62. The molecule has 3 heteroatoms. The van der Waals surface area contributed by atoms with Crippen LogP contribution >= 0.6 is 0 Å². The van der Waals surface area contributed by atoms with Gasteiger partial charge in [0.2, 0.25) is 0 Å². The maximum Gasteiger partial charge on any atom is 0.407 e. The summed E-state index contributed by atoms with van der Waals surface area (Å²) in [4.78, 5) is 11.2. The molecule has 14 heavy (non-hydrogen) atoms. The first-order chi connectivity index (χ1) is 6.72. The van der Waals surface area contributed by atoms with Gasteiger partial charge in [-0.15, -0.1) is 6.58 Å². The maximum atomic E-state index is 11.2. The first-order valence-corrected chi connectivity index (χ1v) is 5.19. The van der Waals surface area contributed by atoms with Gasteiger partial charge >= 0.3 is 6.09 Å². The summed E-state index contributed by atoms with van der Waals surface area (Å²) >= 11 is 0. The number of carbonyl (C=O) groups is 1. The molecule has 1 aliphatic carbocycles. The Morgan fingerprint density at radius 2 is 2.14 bits per heavy atom. The smallest absolute Gasteiger partial charge is 0.407 e. The minimum absolute atomic E-state index is 0.0902. The molecule has 80 valence electrons. The zero-order valence-electron chi connectivity index (χ0n) is 8.84. The first kappa shape index (κ1) is 11.1. The molecular weight excluding hydrogens is 178 g/mol. The molecule has 0 unspecified atom stereocenters. The van der Waals surface area contributed by atoms with Crippen molar-refractivity contribution in [1.29, 1.82) is 0 Å². The van der Waals surface area contributed by atoms with Gasteiger partial charge in [-0.3, -0.25) is 0 Å². The summed E-state index contributed by atoms with van der Waals surface area (Å²) in [5, 5.41) is 2.95. The lowest BCUT2D eigenvalue weighted by Gasteiger charge is -2.36. The quantitative estimate of drug-likeness (QED) is 0.706. The third kappa shape index (κ3) is 2.76. The highest BCUT2D eigenvalue weighted by Gasteiger charge is 2.32. The summed E-state index contributed by atoms with van der Waals surface area (Å²) in [6, 6.07) is 0. The Labute approximate surface area is 85.5 Å². The number of ether oxygens (including phenoxy) is 1. The lowest BCUT2D eigenvalue weighted by atomic mass is 9.79. The van der Waals surface area contributed by atoms with E-state index in [1.54, 1.807) is 0 Å². The molecule has 0 spiro atoms. The van der Waals surface area contributed by atoms with Crippen LogP contribution in [0.25, 0.3) is 0 Å². The van der Waals surface area contributed by atoms with Crippen molar-refractivity contribution in [2.75, 3.05) is 7.11 Å². The minimum Gasteiger partial charge on any atom is -0.453 e. The van der Waals surface area contributed by atoms with Gasteiger partial charge in [0, 0.05) is 5.54 Å². The van der Waals surface area contributed by atoms with Crippen LogP contribution in [0.2, 0.25) is 0 Å². The molecule has 1 saturated carbocycles. The van der Waals surface area contributed by atoms with Crippen molar-refractivity contribution in [3.8, 4) is 0 Å². The summed E-state index contributed by atoms with van der Waals surface area (Å²) in [6.45, 7) is 3.74. The van der Waals surface area contributed by atoms with Crippen molar-refractivity contribution in [3.63, 3.8) is 0 Å². The average Bonchev–Trinajstić information content (AvgIpc) is 2.19. The fourth-order valence-corrected chi connectivity index (χ4v) is 2.15. The van der Waals surface area contributed by atoms with Gasteiger partial charge < -0.3 is 10.1 Å². The van der Waals surface area contributed by atoms with E-state index in [-0.39, 0.29) is 11.6 Å². The molecule has 0 bridgehead atoms. The fourth-order valence-electron chi connectivity index (χ4n) is 2.15. The lowest BCUT2D eigenvalue weighted by Crippen LogP contribution is -2.49. The second-order valence-electron chi connectivity index (χ2n) is 3.95. The topological polar surface area (TPSA) is 38.3 Å². The van der Waals surface area contributed by atoms with Gasteiger partial charge in [0.25, 0.3) is 0 Å². The number of amides is 1. The molecule has 1 fully saturated rings. The Hall–Kier alpha value is -0.990. The number of hydrogen-bond donors (Lipinski definition) is 1. The molecule has 0 aromatic heterocycles. The second-order valence-corrected chi connectivity index (χ2v) is 3.95. The zero-order valence-corrected chi connectivity index (χ0v) is 8.84. The number of alkyl carbamates (subject to hydrolysis) is 1. The number of carbonyl (C=O) groups excluding carboxylic acids is 1. The highest BCUT2D eigenvalue weighted by atomic mass is 16.5. The molecular formula is C11H19NO2. The summed E-state index contributed by atoms with van der Waals surface area (Å²) < 4.78 is 4.64. The molecule has 0 aromatic rings. The fraction of sp³-hybridized carbons (Fsp3) is 0.727. The Kier molecular flexibility index (Phi) is 3.98. The van der Waals surface area contributed by atoms with E-state index in [1.807, 2.05) is 6.08 Å². The average molecular weight is 197 g/mol. The van der Waals surface area contributed by atoms with Crippen LogP contribution in [0.4, 0.5) is 4.79 Å². The molecule has 0 radical (unpaired) electrons. The lowest BCUT2D eigenvalue weighted by molar-refractivity contribution is 0.143. The Bertz CT molecular complexity index is 207. The van der Waals surface area contributed by atoms with Crippen molar-refractivity contribution in [1.82, 2.24) is 5.32 Å². The monoisotopic (exact) mass is 197 g/mol. The maximum absolute atomic E-state index is 11.2. The van der Waals surface area contributed by atoms with Crippen LogP contribution in [0.1, 0.15) is 38.5 Å². The number of rotatable bonds is 3. The molecule has 1 N–H and O–H groups in total. The normalized spacial score (nSPS) is 19.8. The van der Waals surface area contributed by atoms with E-state index in [4.69, 9.17) is 0 Å². The van der Waals surface area contributed by atoms with E-state index >= 15 is 0 Å². The molecule has 3 nitrogen and oxygen atoms in total. The van der Waals surface area contributed by atoms with Crippen LogP contribution in [0.3, 0.4) is 0 Å². The van der Waals surface area contributed by atoms with Gasteiger partial charge in [0.05, 0.1) is 7.11 Å². The van der Waals surface area contributed by atoms with E-state index in [0.717, 1.165) is 19.3 Å². The Morgan fingerprint density at radius 1 is 1.50 bits per heavy atom. The Balaban J connectivity index is 2.59. The third-order valence-electron chi connectivity index (χ3n) is 2.90. The van der Waals surface area contributed by atoms with Crippen molar-refractivity contribution >= 4 is 6.09 Å².